The summed E-state index contributed by atoms with van der Waals surface area (Å²) in [5, 5.41) is 21.9. The Bertz CT molecular complexity index is 3280. The second kappa shape index (κ2) is 19.6. The number of nitrogens with one attached hydrogen (secondary N) is 2. The summed E-state index contributed by atoms with van der Waals surface area (Å²) in [4.78, 5) is 15.6. The molecule has 0 spiro atoms. The van der Waals surface area contributed by atoms with Crippen molar-refractivity contribution >= 4 is 80.8 Å². The number of benzene rings is 6. The van der Waals surface area contributed by atoms with Gasteiger partial charge < -0.3 is 29.5 Å². The Morgan fingerprint density at radius 1 is 0.516 bits per heavy atom. The maximum atomic E-state index is 13.4. The first kappa shape index (κ1) is 43.1. The van der Waals surface area contributed by atoms with Crippen LogP contribution in [0.15, 0.2) is 164 Å². The van der Waals surface area contributed by atoms with Crippen molar-refractivity contribution in [2.24, 2.45) is 0 Å². The largest absolute Gasteiger partial charge is 0.497 e. The lowest BCUT2D eigenvalue weighted by Crippen LogP contribution is -2.05. The van der Waals surface area contributed by atoms with E-state index >= 15 is 0 Å². The van der Waals surface area contributed by atoms with Gasteiger partial charge in [0.1, 0.15) is 34.4 Å². The molecule has 0 amide bonds. The van der Waals surface area contributed by atoms with Gasteiger partial charge in [0.2, 0.25) is 0 Å². The lowest BCUT2D eigenvalue weighted by molar-refractivity contribution is 0.415. The molecular formula is C52H40BClF2N4O4. The average Bonchev–Trinajstić information content (AvgIpc) is 3.87. The van der Waals surface area contributed by atoms with Gasteiger partial charge in [0.15, 0.2) is 0 Å². The van der Waals surface area contributed by atoms with Gasteiger partial charge in [-0.05, 0) is 124 Å². The van der Waals surface area contributed by atoms with Crippen LogP contribution in [0.3, 0.4) is 0 Å². The predicted molar refractivity (Wildman–Crippen MR) is 257 cm³/mol. The maximum Gasteiger partial charge on any atom is 0.480 e. The molecule has 6 aromatic carbocycles. The average molecular weight is 869 g/mol. The summed E-state index contributed by atoms with van der Waals surface area (Å²) in [7, 11) is 1.85. The lowest BCUT2D eigenvalue weighted by atomic mass is 9.91. The SMILES string of the molecule is COc1ccc(-c2ccc3[nH]c4ncc(/C=C/c5cccc(F)c5)cc4c3c2)cc1.COc1ccc(-c2ccc3[nH]c4ncc(Cl)cc4c3c2)cc1.OB(O)/C=C/c1cccc(F)c1. The van der Waals surface area contributed by atoms with E-state index in [1.807, 2.05) is 54.7 Å². The molecule has 0 aliphatic heterocycles. The highest BCUT2D eigenvalue weighted by Crippen LogP contribution is 2.33. The molecule has 0 aliphatic carbocycles. The van der Waals surface area contributed by atoms with E-state index in [1.54, 1.807) is 38.6 Å². The van der Waals surface area contributed by atoms with Crippen LogP contribution < -0.4 is 9.47 Å². The van der Waals surface area contributed by atoms with Gasteiger partial charge in [-0.25, -0.2) is 18.7 Å². The summed E-state index contributed by atoms with van der Waals surface area (Å²) < 4.78 is 36.4. The third-order valence-electron chi connectivity index (χ3n) is 10.4. The molecule has 4 aromatic heterocycles. The highest BCUT2D eigenvalue weighted by molar-refractivity contribution is 6.48. The minimum Gasteiger partial charge on any atom is -0.497 e. The number of H-pyrrole nitrogens is 2. The second-order valence-electron chi connectivity index (χ2n) is 14.7. The molecule has 0 aliphatic rings. The lowest BCUT2D eigenvalue weighted by Gasteiger charge is -2.04. The number of rotatable bonds is 8. The molecule has 0 saturated carbocycles. The first-order chi connectivity index (χ1) is 31.1. The molecule has 4 heterocycles. The summed E-state index contributed by atoms with van der Waals surface area (Å²) in [6, 6.07) is 45.2. The van der Waals surface area contributed by atoms with Crippen LogP contribution >= 0.6 is 11.6 Å². The van der Waals surface area contributed by atoms with Gasteiger partial charge in [-0.3, -0.25) is 0 Å². The molecule has 0 atom stereocenters. The van der Waals surface area contributed by atoms with Crippen molar-refractivity contribution < 1.29 is 28.3 Å². The van der Waals surface area contributed by atoms with Crippen LogP contribution in [0.25, 0.3) is 84.4 Å². The Kier molecular flexibility index (Phi) is 13.2. The fourth-order valence-corrected chi connectivity index (χ4v) is 7.32. The van der Waals surface area contributed by atoms with E-state index in [0.717, 1.165) is 94.7 Å². The number of halogens is 3. The van der Waals surface area contributed by atoms with E-state index in [0.29, 0.717) is 10.6 Å². The van der Waals surface area contributed by atoms with Crippen LogP contribution in [0.4, 0.5) is 8.78 Å². The molecule has 8 nitrogen and oxygen atoms in total. The zero-order valence-electron chi connectivity index (χ0n) is 34.6. The topological polar surface area (TPSA) is 116 Å². The molecule has 4 N–H and O–H groups in total. The fourth-order valence-electron chi connectivity index (χ4n) is 7.16. The third kappa shape index (κ3) is 10.4. The summed E-state index contributed by atoms with van der Waals surface area (Å²) in [5.74, 6) is 2.27. The first-order valence-corrected chi connectivity index (χ1v) is 20.5. The fraction of sp³-hybridized carbons (Fsp3) is 0.0385. The van der Waals surface area contributed by atoms with Gasteiger partial charge in [0, 0.05) is 45.0 Å². The van der Waals surface area contributed by atoms with Crippen molar-refractivity contribution in [2.45, 2.75) is 0 Å². The molecule has 10 aromatic rings. The predicted octanol–water partition coefficient (Wildman–Crippen LogP) is 12.6. The van der Waals surface area contributed by atoms with E-state index in [4.69, 9.17) is 31.1 Å². The van der Waals surface area contributed by atoms with Gasteiger partial charge in [0.05, 0.1) is 19.2 Å². The summed E-state index contributed by atoms with van der Waals surface area (Å²) in [6.45, 7) is 0. The minimum atomic E-state index is -1.49. The van der Waals surface area contributed by atoms with E-state index < -0.39 is 7.12 Å². The molecule has 12 heteroatoms. The number of aromatic amines is 2. The summed E-state index contributed by atoms with van der Waals surface area (Å²) in [5.41, 5.74) is 10.7. The molecule has 64 heavy (non-hydrogen) atoms. The molecule has 0 fully saturated rings. The van der Waals surface area contributed by atoms with E-state index in [1.165, 1.54) is 30.3 Å². The van der Waals surface area contributed by atoms with Gasteiger partial charge in [0.25, 0.3) is 0 Å². The van der Waals surface area contributed by atoms with Gasteiger partial charge in [-0.15, -0.1) is 0 Å². The van der Waals surface area contributed by atoms with Crippen molar-refractivity contribution in [2.75, 3.05) is 14.2 Å². The van der Waals surface area contributed by atoms with Gasteiger partial charge in [-0.1, -0.05) is 96.5 Å². The van der Waals surface area contributed by atoms with E-state index in [9.17, 15) is 8.78 Å². The smallest absolute Gasteiger partial charge is 0.480 e. The van der Waals surface area contributed by atoms with E-state index in [2.05, 4.69) is 86.7 Å². The van der Waals surface area contributed by atoms with Crippen LogP contribution in [0, 0.1) is 11.6 Å². The number of hydrogen-bond acceptors (Lipinski definition) is 6. The molecule has 0 bridgehead atoms. The summed E-state index contributed by atoms with van der Waals surface area (Å²) in [6.07, 6.45) is 8.76. The van der Waals surface area contributed by atoms with Crippen molar-refractivity contribution in [1.82, 2.24) is 19.9 Å². The number of pyridine rings is 2. The molecule has 0 unspecified atom stereocenters. The zero-order chi connectivity index (χ0) is 44.6. The Morgan fingerprint density at radius 2 is 0.984 bits per heavy atom. The number of nitrogens with zero attached hydrogens (tertiary/aromatic N) is 2. The number of fused-ring (bicyclic) bond motifs is 6. The van der Waals surface area contributed by atoms with Crippen LogP contribution in [-0.4, -0.2) is 51.3 Å². The quantitative estimate of drug-likeness (QED) is 0.113. The summed E-state index contributed by atoms with van der Waals surface area (Å²) >= 11 is 6.08. The van der Waals surface area contributed by atoms with Crippen LogP contribution in [0.2, 0.25) is 5.02 Å². The zero-order valence-corrected chi connectivity index (χ0v) is 35.4. The van der Waals surface area contributed by atoms with Crippen molar-refractivity contribution in [3.8, 4) is 33.8 Å². The molecule has 0 radical (unpaired) electrons. The number of aromatic nitrogens is 4. The van der Waals surface area contributed by atoms with Gasteiger partial charge in [-0.2, -0.15) is 0 Å². The standard InChI is InChI=1S/C26H19FN2O.C18H13ClN2O.C8H8BFO2/c1-30-22-10-7-19(8-11-22)20-9-12-25-23(15-20)24-14-18(16-28-26(24)29-25)6-5-17-3-2-4-21(27)13-17;1-22-14-5-2-11(3-6-14)12-4-7-17-15(8-12)16-9-13(19)10-20-18(16)21-17;10-8-3-1-2-7(6-8)4-5-9(11)12/h2-16H,1H3,(H,28,29);2-10H,1H3,(H,20,21);1-6,11-12H/b6-5+;;5-4+. The monoisotopic (exact) mass is 868 g/mol. The highest BCUT2D eigenvalue weighted by atomic mass is 35.5. The number of ether oxygens (including phenoxy) is 2. The van der Waals surface area contributed by atoms with E-state index in [-0.39, 0.29) is 11.6 Å². The minimum absolute atomic E-state index is 0.242. The molecular weight excluding hydrogens is 829 g/mol. The van der Waals surface area contributed by atoms with Gasteiger partial charge >= 0.3 is 7.12 Å². The number of hydrogen-bond donors (Lipinski definition) is 4. The molecule has 0 saturated heterocycles. The van der Waals surface area contributed by atoms with Crippen molar-refractivity contribution in [3.63, 3.8) is 0 Å². The van der Waals surface area contributed by atoms with Crippen LogP contribution in [0.5, 0.6) is 11.5 Å². The third-order valence-corrected chi connectivity index (χ3v) is 10.6. The first-order valence-electron chi connectivity index (χ1n) is 20.1. The molecule has 10 rings (SSSR count). The van der Waals surface area contributed by atoms with Crippen LogP contribution in [-0.2, 0) is 0 Å². The van der Waals surface area contributed by atoms with Crippen LogP contribution in [0.1, 0.15) is 16.7 Å². The second-order valence-corrected chi connectivity index (χ2v) is 15.1. The van der Waals surface area contributed by atoms with Crippen molar-refractivity contribution in [1.29, 1.82) is 0 Å². The molecule has 316 valence electrons. The Balaban J connectivity index is 0.000000144. The van der Waals surface area contributed by atoms with Crippen molar-refractivity contribution in [3.05, 3.63) is 197 Å². The maximum absolute atomic E-state index is 13.4. The number of methoxy groups -OCH3 is 2. The normalized spacial score (nSPS) is 11.2. The highest BCUT2D eigenvalue weighted by Gasteiger charge is 2.10. The Morgan fingerprint density at radius 3 is 1.48 bits per heavy atom. The Hall–Kier alpha value is -7.57. The Labute approximate surface area is 372 Å².